The topological polar surface area (TPSA) is 452 Å². The number of carboxylic acids is 2. The molecule has 0 bridgehead atoms. The molecule has 6 aromatic rings. The van der Waals surface area contributed by atoms with Crippen LogP contribution in [-0.4, -0.2) is 156 Å². The normalized spacial score (nSPS) is 14.8. The number of carbonyl (C=O) groups excluding carboxylic acids is 4. The molecule has 0 radical (unpaired) electrons. The number of thiophene rings is 3. The van der Waals surface area contributed by atoms with Crippen molar-refractivity contribution in [2.75, 3.05) is 57.7 Å². The Bertz CT molecular complexity index is 3910. The van der Waals surface area contributed by atoms with Gasteiger partial charge in [0.25, 0.3) is 47.8 Å². The van der Waals surface area contributed by atoms with Crippen molar-refractivity contribution < 1.29 is 84.3 Å². The van der Waals surface area contributed by atoms with Crippen molar-refractivity contribution in [3.8, 4) is 0 Å². The smallest absolute Gasteiger partial charge is 0.359 e. The lowest BCUT2D eigenvalue weighted by Gasteiger charge is -2.26. The Kier molecular flexibility index (Phi) is 21.8. The SMILES string of the molecule is CCCN.CCCNC(=O)c1ccc(NC(=O)C2=C(O)c3sccc3S(=O)(=O)N2C)nc1.CN1C(C(=O)Nc2ccc(C(=O)O)cn2)=C(O)c2sccc2S1(=O)=O.COC(=O)C1=C(O)c2sccc2S(=O)(=O)N1C.Nc1ccc(C(=O)O)cn1. The molecule has 3 aliphatic rings. The summed E-state index contributed by atoms with van der Waals surface area (Å²) in [4.78, 5) is 81.0. The van der Waals surface area contributed by atoms with Crippen molar-refractivity contribution in [1.29, 1.82) is 0 Å². The van der Waals surface area contributed by atoms with E-state index in [1.165, 1.54) is 97.2 Å². The standard InChI is InChI=1S/C17H18N4O5S2.C14H11N3O6S2.C9H9NO5S2.C6H6N2O2.C3H9N/c1-3-7-18-16(23)10-4-5-12(19-9-10)20-17(24)13-14(22)15-11(6-8-27-15)28(25,26)21(13)2;1-17-10(11(18)12-8(4-5-24-12)25(17,22)23)13(19)16-9-3-2-7(6-15-9)14(20)21;1-10-6(9(12)15-2)7(11)8-5(3-4-16-8)17(10,13)14;7-5-2-1-4(3-8-5)6(9)10;1-2-3-4/h4-6,8-9,22H,3,7H2,1-2H3,(H,18,23)(H,19,20,24);2-6,18H,1H3,(H,20,21)(H,15,16,19);3-4,11H,1-2H3;1-3H,(H2,7,8)(H,9,10);2-4H2,1H3. The van der Waals surface area contributed by atoms with Gasteiger partial charge in [-0.15, -0.1) is 34.0 Å². The van der Waals surface area contributed by atoms with Gasteiger partial charge in [0.05, 0.1) is 38.4 Å². The molecule has 0 unspecified atom stereocenters. The second kappa shape index (κ2) is 27.8. The maximum absolute atomic E-state index is 12.6. The highest BCUT2D eigenvalue weighted by Gasteiger charge is 2.42. The Labute approximate surface area is 491 Å². The third kappa shape index (κ3) is 14.4. The quantitative estimate of drug-likeness (QED) is 0.0791. The molecule has 0 saturated heterocycles. The highest BCUT2D eigenvalue weighted by Crippen LogP contribution is 2.40. The van der Waals surface area contributed by atoms with E-state index in [0.29, 0.717) is 22.2 Å². The monoisotopic (exact) mass is 1280 g/mol. The Morgan fingerprint density at radius 3 is 1.23 bits per heavy atom. The molecule has 35 heteroatoms. The molecule has 6 aromatic heterocycles. The highest BCUT2D eigenvalue weighted by molar-refractivity contribution is 7.90. The van der Waals surface area contributed by atoms with Gasteiger partial charge in [0.1, 0.15) is 32.1 Å². The van der Waals surface area contributed by atoms with Gasteiger partial charge in [0.15, 0.2) is 34.4 Å². The van der Waals surface area contributed by atoms with Crippen LogP contribution in [0, 0.1) is 0 Å². The molecule has 0 aromatic carbocycles. The lowest BCUT2D eigenvalue weighted by molar-refractivity contribution is -0.137. The number of nitrogens with two attached hydrogens (primary N) is 2. The number of aromatic nitrogens is 3. The zero-order chi connectivity index (χ0) is 62.6. The number of esters is 1. The number of ether oxygens (including phenoxy) is 1. The average molecular weight is 1280 g/mol. The summed E-state index contributed by atoms with van der Waals surface area (Å²) in [5.74, 6) is -5.87. The van der Waals surface area contributed by atoms with Crippen LogP contribution in [0.2, 0.25) is 0 Å². The number of rotatable bonds is 11. The summed E-state index contributed by atoms with van der Waals surface area (Å²) in [6, 6.07) is 12.4. The molecule has 9 rings (SSSR count). The number of sulfonamides is 3. The number of anilines is 3. The van der Waals surface area contributed by atoms with Crippen LogP contribution in [0.4, 0.5) is 17.5 Å². The van der Waals surface area contributed by atoms with Gasteiger partial charge in [-0.1, -0.05) is 13.8 Å². The predicted octanol–water partition coefficient (Wildman–Crippen LogP) is 4.62. The molecular formula is C49H53N11O18S6. The van der Waals surface area contributed by atoms with Crippen LogP contribution in [0.5, 0.6) is 0 Å². The number of nitrogen functional groups attached to an aromatic ring is 1. The van der Waals surface area contributed by atoms with Crippen LogP contribution >= 0.6 is 34.0 Å². The third-order valence-electron chi connectivity index (χ3n) is 11.3. The minimum Gasteiger partial charge on any atom is -0.504 e. The first-order chi connectivity index (χ1) is 39.5. The first-order valence-corrected chi connectivity index (χ1v) is 30.8. The molecule has 0 fully saturated rings. The number of fused-ring (bicyclic) bond motifs is 3. The maximum atomic E-state index is 12.6. The molecule has 0 atom stereocenters. The van der Waals surface area contributed by atoms with Crippen molar-refractivity contribution in [3.05, 3.63) is 138 Å². The average Bonchev–Trinajstić information content (AvgIpc) is 2.48. The zero-order valence-corrected chi connectivity index (χ0v) is 49.7. The first-order valence-electron chi connectivity index (χ1n) is 23.8. The number of aromatic carboxylic acids is 2. The van der Waals surface area contributed by atoms with Crippen molar-refractivity contribution >= 4 is 134 Å². The summed E-state index contributed by atoms with van der Waals surface area (Å²) < 4.78 is 80.6. The molecular weight excluding hydrogens is 1220 g/mol. The number of hydrogen-bond acceptors (Lipinski definition) is 24. The van der Waals surface area contributed by atoms with E-state index >= 15 is 0 Å². The number of likely N-dealkylation sites (N-methyl/N-ethyl adjacent to an activating group) is 3. The van der Waals surface area contributed by atoms with Crippen LogP contribution < -0.4 is 27.4 Å². The van der Waals surface area contributed by atoms with Crippen LogP contribution in [0.3, 0.4) is 0 Å². The van der Waals surface area contributed by atoms with Crippen LogP contribution in [0.1, 0.15) is 72.4 Å². The van der Waals surface area contributed by atoms with Gasteiger partial charge in [-0.3, -0.25) is 27.3 Å². The number of carboxylic acid groups (broad SMARTS) is 2. The summed E-state index contributed by atoms with van der Waals surface area (Å²) in [7, 11) is -7.01. The van der Waals surface area contributed by atoms with Crippen LogP contribution in [0.15, 0.2) is 121 Å². The lowest BCUT2D eigenvalue weighted by Crippen LogP contribution is -2.36. The van der Waals surface area contributed by atoms with E-state index in [1.807, 2.05) is 6.92 Å². The fraction of sp³-hybridized carbons (Fsp3) is 0.204. The second-order valence-corrected chi connectivity index (χ2v) is 25.3. The summed E-state index contributed by atoms with van der Waals surface area (Å²) in [5.41, 5.74) is 9.44. The van der Waals surface area contributed by atoms with E-state index in [2.05, 4.69) is 42.6 Å². The van der Waals surface area contributed by atoms with Crippen molar-refractivity contribution in [3.63, 3.8) is 0 Å². The number of pyridine rings is 3. The number of nitrogens with one attached hydrogen (secondary N) is 3. The molecule has 3 aliphatic heterocycles. The molecule has 29 nitrogen and oxygen atoms in total. The summed E-state index contributed by atoms with van der Waals surface area (Å²) >= 11 is 3.07. The number of amides is 3. The minimum absolute atomic E-state index is 0.00449. The molecule has 0 aliphatic carbocycles. The van der Waals surface area contributed by atoms with Crippen molar-refractivity contribution in [1.82, 2.24) is 33.2 Å². The largest absolute Gasteiger partial charge is 0.504 e. The van der Waals surface area contributed by atoms with Gasteiger partial charge in [0, 0.05) is 46.3 Å². The summed E-state index contributed by atoms with van der Waals surface area (Å²) in [6.45, 7) is 5.35. The van der Waals surface area contributed by atoms with E-state index in [-0.39, 0.29) is 69.4 Å². The number of nitrogens with zero attached hydrogens (tertiary/aromatic N) is 6. The number of hydrogen-bond donors (Lipinski definition) is 10. The van der Waals surface area contributed by atoms with Crippen LogP contribution in [-0.2, 0) is 49.2 Å². The lowest BCUT2D eigenvalue weighted by atomic mass is 10.2. The molecule has 0 saturated carbocycles. The fourth-order valence-electron chi connectivity index (χ4n) is 6.84. The second-order valence-electron chi connectivity index (χ2n) is 16.7. The first kappa shape index (κ1) is 65.8. The van der Waals surface area contributed by atoms with Crippen molar-refractivity contribution in [2.45, 2.75) is 41.4 Å². The summed E-state index contributed by atoms with van der Waals surface area (Å²) in [6.07, 6.45) is 5.46. The van der Waals surface area contributed by atoms with Gasteiger partial charge in [-0.25, -0.2) is 54.6 Å². The highest BCUT2D eigenvalue weighted by atomic mass is 32.2. The Morgan fingerprint density at radius 1 is 0.548 bits per heavy atom. The van der Waals surface area contributed by atoms with Gasteiger partial charge < -0.3 is 57.7 Å². The Balaban J connectivity index is 0.000000210. The van der Waals surface area contributed by atoms with E-state index in [1.54, 1.807) is 0 Å². The van der Waals surface area contributed by atoms with Crippen molar-refractivity contribution in [2.24, 2.45) is 5.73 Å². The minimum atomic E-state index is -3.95. The molecule has 9 heterocycles. The molecule has 84 heavy (non-hydrogen) atoms. The van der Waals surface area contributed by atoms with Gasteiger partial charge >= 0.3 is 17.9 Å². The van der Waals surface area contributed by atoms with Crippen LogP contribution in [0.25, 0.3) is 17.3 Å². The predicted molar refractivity (Wildman–Crippen MR) is 309 cm³/mol. The number of methoxy groups -OCH3 is 1. The Morgan fingerprint density at radius 2 is 0.905 bits per heavy atom. The molecule has 3 amide bonds. The fourth-order valence-corrected chi connectivity index (χ4v) is 14.5. The van der Waals surface area contributed by atoms with Gasteiger partial charge in [-0.05, 0) is 90.1 Å². The summed E-state index contributed by atoms with van der Waals surface area (Å²) in [5, 5.41) is 59.9. The molecule has 0 spiro atoms. The molecule has 448 valence electrons. The van der Waals surface area contributed by atoms with E-state index in [9.17, 15) is 69.3 Å². The Hall–Kier alpha value is -9.00. The number of aliphatic hydroxyl groups excluding tert-OH is 3. The van der Waals surface area contributed by atoms with E-state index in [0.717, 1.165) is 82.4 Å². The number of aliphatic hydroxyl groups is 3. The molecule has 12 N–H and O–H groups in total. The van der Waals surface area contributed by atoms with E-state index < -0.39 is 82.7 Å². The maximum Gasteiger partial charge on any atom is 0.359 e. The van der Waals surface area contributed by atoms with E-state index in [4.69, 9.17) is 21.7 Å². The number of carbonyl (C=O) groups is 6. The third-order valence-corrected chi connectivity index (χ3v) is 19.8. The zero-order valence-electron chi connectivity index (χ0n) is 44.8. The van der Waals surface area contributed by atoms with Gasteiger partial charge in [0.2, 0.25) is 0 Å². The van der Waals surface area contributed by atoms with Gasteiger partial charge in [-0.2, -0.15) is 0 Å².